The molecule has 1 unspecified atom stereocenters. The second-order valence-electron chi connectivity index (χ2n) is 5.59. The van der Waals surface area contributed by atoms with Crippen LogP contribution in [0.5, 0.6) is 0 Å². The van der Waals surface area contributed by atoms with Crippen molar-refractivity contribution in [1.82, 2.24) is 10.2 Å². The molecule has 1 saturated heterocycles. The minimum atomic E-state index is -0.204. The van der Waals surface area contributed by atoms with E-state index in [-0.39, 0.29) is 18.4 Å². The molecule has 1 atom stereocenters. The number of rotatable bonds is 4. The highest BCUT2D eigenvalue weighted by molar-refractivity contribution is 7.99. The van der Waals surface area contributed by atoms with Crippen LogP contribution in [-0.4, -0.2) is 42.1 Å². The molecule has 6 heteroatoms. The summed E-state index contributed by atoms with van der Waals surface area (Å²) in [5.74, 6) is 0.720. The molecule has 1 aliphatic heterocycles. The lowest BCUT2D eigenvalue weighted by atomic mass is 10.2. The predicted octanol–water partition coefficient (Wildman–Crippen LogP) is 3.18. The van der Waals surface area contributed by atoms with Crippen LogP contribution in [0.1, 0.15) is 26.9 Å². The number of nitrogens with one attached hydrogen (secondary N) is 1. The third-order valence-electron chi connectivity index (χ3n) is 3.99. The average molecular weight is 361 g/mol. The number of nitrogens with zero attached hydrogens (tertiary/aromatic N) is 1. The van der Waals surface area contributed by atoms with E-state index < -0.39 is 0 Å². The summed E-state index contributed by atoms with van der Waals surface area (Å²) < 4.78 is 0. The van der Waals surface area contributed by atoms with Crippen LogP contribution in [0, 0.1) is 0 Å². The van der Waals surface area contributed by atoms with Crippen LogP contribution in [0.2, 0.25) is 0 Å². The molecule has 0 bridgehead atoms. The van der Waals surface area contributed by atoms with Gasteiger partial charge in [0.2, 0.25) is 5.91 Å². The Kier molecular flexibility index (Phi) is 5.93. The summed E-state index contributed by atoms with van der Waals surface area (Å²) in [4.78, 5) is 27.7. The molecule has 0 radical (unpaired) electrons. The monoisotopic (exact) mass is 360 g/mol. The second-order valence-corrected chi connectivity index (χ2v) is 7.88. The summed E-state index contributed by atoms with van der Waals surface area (Å²) in [6.07, 6.45) is 0.962. The highest BCUT2D eigenvalue weighted by Crippen LogP contribution is 2.36. The topological polar surface area (TPSA) is 49.4 Å². The SMILES string of the molecule is O=C(NCC(=O)N1CCSC(c2cccs2)CC1)c1ccccc1. The molecule has 24 heavy (non-hydrogen) atoms. The van der Waals surface area contributed by atoms with Gasteiger partial charge in [-0.25, -0.2) is 0 Å². The van der Waals surface area contributed by atoms with Crippen molar-refractivity contribution >= 4 is 34.9 Å². The van der Waals surface area contributed by atoms with E-state index in [1.807, 2.05) is 34.9 Å². The first-order valence-corrected chi connectivity index (χ1v) is 9.93. The second kappa shape index (κ2) is 8.35. The third-order valence-corrected chi connectivity index (χ3v) is 6.44. The molecular weight excluding hydrogens is 340 g/mol. The lowest BCUT2D eigenvalue weighted by Gasteiger charge is -2.20. The fourth-order valence-corrected chi connectivity index (χ4v) is 4.92. The summed E-state index contributed by atoms with van der Waals surface area (Å²) in [5, 5.41) is 5.29. The first-order valence-electron chi connectivity index (χ1n) is 8.00. The number of thioether (sulfide) groups is 1. The maximum atomic E-state index is 12.4. The summed E-state index contributed by atoms with van der Waals surface area (Å²) >= 11 is 3.69. The van der Waals surface area contributed by atoms with E-state index in [4.69, 9.17) is 0 Å². The maximum absolute atomic E-state index is 12.4. The molecule has 2 amide bonds. The van der Waals surface area contributed by atoms with E-state index in [1.54, 1.807) is 23.5 Å². The van der Waals surface area contributed by atoms with Gasteiger partial charge in [-0.3, -0.25) is 9.59 Å². The summed E-state index contributed by atoms with van der Waals surface area (Å²) in [5.41, 5.74) is 0.578. The van der Waals surface area contributed by atoms with Crippen molar-refractivity contribution in [3.8, 4) is 0 Å². The minimum Gasteiger partial charge on any atom is -0.343 e. The van der Waals surface area contributed by atoms with Gasteiger partial charge in [-0.1, -0.05) is 24.3 Å². The normalized spacial score (nSPS) is 18.0. The van der Waals surface area contributed by atoms with Crippen LogP contribution in [0.3, 0.4) is 0 Å². The lowest BCUT2D eigenvalue weighted by molar-refractivity contribution is -0.129. The van der Waals surface area contributed by atoms with Gasteiger partial charge < -0.3 is 10.2 Å². The maximum Gasteiger partial charge on any atom is 0.251 e. The zero-order valence-electron chi connectivity index (χ0n) is 13.3. The van der Waals surface area contributed by atoms with Crippen molar-refractivity contribution in [3.63, 3.8) is 0 Å². The van der Waals surface area contributed by atoms with Gasteiger partial charge in [-0.15, -0.1) is 11.3 Å². The summed E-state index contributed by atoms with van der Waals surface area (Å²) in [6.45, 7) is 1.55. The average Bonchev–Trinajstić information content (AvgIpc) is 3.04. The lowest BCUT2D eigenvalue weighted by Crippen LogP contribution is -2.41. The third kappa shape index (κ3) is 4.39. The largest absolute Gasteiger partial charge is 0.343 e. The van der Waals surface area contributed by atoms with Crippen LogP contribution in [-0.2, 0) is 4.79 Å². The van der Waals surface area contributed by atoms with Crippen LogP contribution >= 0.6 is 23.1 Å². The van der Waals surface area contributed by atoms with Gasteiger partial charge in [-0.2, -0.15) is 11.8 Å². The van der Waals surface area contributed by atoms with E-state index in [0.717, 1.165) is 25.3 Å². The number of hydrogen-bond donors (Lipinski definition) is 1. The number of thiophene rings is 1. The van der Waals surface area contributed by atoms with E-state index in [9.17, 15) is 9.59 Å². The zero-order valence-corrected chi connectivity index (χ0v) is 14.9. The van der Waals surface area contributed by atoms with E-state index >= 15 is 0 Å². The number of benzene rings is 1. The molecule has 4 nitrogen and oxygen atoms in total. The summed E-state index contributed by atoms with van der Waals surface area (Å²) in [6, 6.07) is 13.2. The van der Waals surface area contributed by atoms with Crippen LogP contribution in [0.15, 0.2) is 47.8 Å². The van der Waals surface area contributed by atoms with E-state index in [0.29, 0.717) is 10.8 Å². The minimum absolute atomic E-state index is 0.00768. The fraction of sp³-hybridized carbons (Fsp3) is 0.333. The van der Waals surface area contributed by atoms with Crippen molar-refractivity contribution in [2.75, 3.05) is 25.4 Å². The van der Waals surface area contributed by atoms with Gasteiger partial charge >= 0.3 is 0 Å². The van der Waals surface area contributed by atoms with Gasteiger partial charge in [0, 0.05) is 34.5 Å². The number of amides is 2. The predicted molar refractivity (Wildman–Crippen MR) is 99.5 cm³/mol. The van der Waals surface area contributed by atoms with Crippen molar-refractivity contribution in [1.29, 1.82) is 0 Å². The molecule has 0 saturated carbocycles. The molecule has 1 N–H and O–H groups in total. The molecule has 0 aliphatic carbocycles. The fourth-order valence-electron chi connectivity index (χ4n) is 2.68. The highest BCUT2D eigenvalue weighted by atomic mass is 32.2. The van der Waals surface area contributed by atoms with Gasteiger partial charge in [0.15, 0.2) is 0 Å². The van der Waals surface area contributed by atoms with Crippen LogP contribution < -0.4 is 5.32 Å². The highest BCUT2D eigenvalue weighted by Gasteiger charge is 2.22. The van der Waals surface area contributed by atoms with Crippen LogP contribution in [0.4, 0.5) is 0 Å². The Hall–Kier alpha value is -1.79. The molecule has 126 valence electrons. The van der Waals surface area contributed by atoms with Crippen molar-refractivity contribution in [2.45, 2.75) is 11.7 Å². The number of carbonyl (C=O) groups is 2. The van der Waals surface area contributed by atoms with Gasteiger partial charge in [0.25, 0.3) is 5.91 Å². The van der Waals surface area contributed by atoms with E-state index in [1.165, 1.54) is 4.88 Å². The Morgan fingerprint density at radius 3 is 2.71 bits per heavy atom. The first-order chi connectivity index (χ1) is 11.7. The molecule has 1 aliphatic rings. The Balaban J connectivity index is 1.49. The molecular formula is C18H20N2O2S2. The smallest absolute Gasteiger partial charge is 0.251 e. The van der Waals surface area contributed by atoms with Crippen molar-refractivity contribution < 1.29 is 9.59 Å². The molecule has 1 fully saturated rings. The Morgan fingerprint density at radius 1 is 1.12 bits per heavy atom. The molecule has 2 heterocycles. The van der Waals surface area contributed by atoms with Crippen molar-refractivity contribution in [3.05, 3.63) is 58.3 Å². The Bertz CT molecular complexity index is 674. The number of hydrogen-bond acceptors (Lipinski definition) is 4. The molecule has 1 aromatic carbocycles. The van der Waals surface area contributed by atoms with E-state index in [2.05, 4.69) is 22.8 Å². The Labute approximate surface area is 150 Å². The standard InChI is InChI=1S/C18H20N2O2S2/c21-17(13-19-18(22)14-5-2-1-3-6-14)20-9-8-16(24-12-10-20)15-7-4-11-23-15/h1-7,11,16H,8-10,12-13H2,(H,19,22). The van der Waals surface area contributed by atoms with Gasteiger partial charge in [-0.05, 0) is 30.0 Å². The molecule has 0 spiro atoms. The molecule has 3 rings (SSSR count). The van der Waals surface area contributed by atoms with Gasteiger partial charge in [0.05, 0.1) is 6.54 Å². The quantitative estimate of drug-likeness (QED) is 0.911. The molecule has 1 aromatic heterocycles. The Morgan fingerprint density at radius 2 is 1.96 bits per heavy atom. The van der Waals surface area contributed by atoms with Crippen LogP contribution in [0.25, 0.3) is 0 Å². The first kappa shape index (κ1) is 17.0. The van der Waals surface area contributed by atoms with Crippen molar-refractivity contribution in [2.24, 2.45) is 0 Å². The molecule has 2 aromatic rings. The number of carbonyl (C=O) groups excluding carboxylic acids is 2. The summed E-state index contributed by atoms with van der Waals surface area (Å²) in [7, 11) is 0. The van der Waals surface area contributed by atoms with Gasteiger partial charge in [0.1, 0.15) is 0 Å². The zero-order chi connectivity index (χ0) is 16.8.